The predicted octanol–water partition coefficient (Wildman–Crippen LogP) is 1.50. The van der Waals surface area contributed by atoms with Crippen molar-refractivity contribution in [2.45, 2.75) is 141 Å². The summed E-state index contributed by atoms with van der Waals surface area (Å²) < 4.78 is 12.6. The van der Waals surface area contributed by atoms with Crippen molar-refractivity contribution >= 4 is 43.4 Å². The van der Waals surface area contributed by atoms with Crippen molar-refractivity contribution in [3.8, 4) is 11.1 Å². The number of unbranched alkanes of at least 4 members (excludes halogenated alkanes) is 2. The van der Waals surface area contributed by atoms with Crippen molar-refractivity contribution < 1.29 is 38.4 Å². The molecule has 360 valence electrons. The zero-order valence-electron chi connectivity index (χ0n) is 39.2. The van der Waals surface area contributed by atoms with E-state index in [1.165, 1.54) is 18.7 Å². The van der Waals surface area contributed by atoms with Crippen LogP contribution in [-0.4, -0.2) is 110 Å². The minimum atomic E-state index is -1.72. The molecule has 18 nitrogen and oxygen atoms in total. The van der Waals surface area contributed by atoms with Gasteiger partial charge in [-0.2, -0.15) is 0 Å². The molecule has 4 aliphatic rings. The largest absolute Gasteiger partial charge is 0.497 e. The van der Waals surface area contributed by atoms with Gasteiger partial charge in [-0.25, -0.2) is 0 Å². The quantitative estimate of drug-likeness (QED) is 0.0311. The van der Waals surface area contributed by atoms with Gasteiger partial charge in [-0.3, -0.25) is 29.0 Å². The Balaban J connectivity index is 1.20. The van der Waals surface area contributed by atoms with E-state index in [1.807, 2.05) is 31.2 Å². The zero-order chi connectivity index (χ0) is 48.3. The first-order valence-electron chi connectivity index (χ1n) is 23.1. The molecule has 2 bridgehead atoms. The van der Waals surface area contributed by atoms with E-state index in [0.29, 0.717) is 31.0 Å². The summed E-state index contributed by atoms with van der Waals surface area (Å²) in [6.07, 6.45) is 4.31. The van der Waals surface area contributed by atoms with Crippen molar-refractivity contribution in [3.05, 3.63) is 71.6 Å². The number of hydrogen-bond donors (Lipinski definition) is 10. The van der Waals surface area contributed by atoms with Crippen LogP contribution in [0.4, 0.5) is 0 Å². The lowest BCUT2D eigenvalue weighted by molar-refractivity contribution is -0.199. The van der Waals surface area contributed by atoms with Crippen molar-refractivity contribution in [2.24, 2.45) is 39.4 Å². The zero-order valence-corrected chi connectivity index (χ0v) is 39.2. The van der Waals surface area contributed by atoms with E-state index in [-0.39, 0.29) is 35.8 Å². The molecule has 4 fully saturated rings. The Labute approximate surface area is 388 Å². The van der Waals surface area contributed by atoms with E-state index in [1.54, 1.807) is 19.2 Å². The SMILES string of the molecule is C=N/C(=C\NC)C[C@H](NC(=O)c1ccc(-c2ccc(CCCC)cc2)cc1)C(=O)N[C@H](C(=O)N[C@@H](N)C(=O)N[C@@H](CCCCN)C(=O)N[C@@H](N)B1OC2C[C@@H]3C[C@@H](C3(C)C)[C@]2(C)O1)C(C)O. The molecule has 2 aromatic carbocycles. The highest BCUT2D eigenvalue weighted by atomic mass is 16.7. The Morgan fingerprint density at radius 2 is 1.53 bits per heavy atom. The van der Waals surface area contributed by atoms with Gasteiger partial charge in [-0.05, 0) is 118 Å². The van der Waals surface area contributed by atoms with E-state index in [2.05, 4.69) is 76.5 Å². The Hall–Kier alpha value is -5.18. The van der Waals surface area contributed by atoms with Crippen molar-refractivity contribution in [1.82, 2.24) is 31.9 Å². The van der Waals surface area contributed by atoms with Crippen LogP contribution in [0.15, 0.2) is 65.4 Å². The highest BCUT2D eigenvalue weighted by Gasteiger charge is 2.68. The molecule has 10 atom stereocenters. The Morgan fingerprint density at radius 1 is 0.879 bits per heavy atom. The number of nitrogens with one attached hydrogen (secondary N) is 6. The Morgan fingerprint density at radius 3 is 2.12 bits per heavy atom. The molecule has 3 saturated carbocycles. The summed E-state index contributed by atoms with van der Waals surface area (Å²) >= 11 is 0. The van der Waals surface area contributed by atoms with Gasteiger partial charge in [0.2, 0.25) is 17.7 Å². The van der Waals surface area contributed by atoms with Crippen LogP contribution in [0.1, 0.15) is 102 Å². The summed E-state index contributed by atoms with van der Waals surface area (Å²) in [4.78, 5) is 72.1. The lowest BCUT2D eigenvalue weighted by Gasteiger charge is -2.64. The molecule has 66 heavy (non-hydrogen) atoms. The predicted molar refractivity (Wildman–Crippen MR) is 254 cm³/mol. The van der Waals surface area contributed by atoms with Gasteiger partial charge in [-0.15, -0.1) is 0 Å². The number of nitrogens with zero attached hydrogens (tertiary/aromatic N) is 1. The number of aliphatic imine (C=N–C) groups is 1. The highest BCUT2D eigenvalue weighted by molar-refractivity contribution is 6.47. The summed E-state index contributed by atoms with van der Waals surface area (Å²) in [7, 11) is 0.722. The third kappa shape index (κ3) is 12.4. The van der Waals surface area contributed by atoms with Crippen molar-refractivity contribution in [1.29, 1.82) is 0 Å². The van der Waals surface area contributed by atoms with Gasteiger partial charge in [0.05, 0.1) is 23.5 Å². The summed E-state index contributed by atoms with van der Waals surface area (Å²) in [5.41, 5.74) is 21.6. The number of aliphatic hydroxyl groups is 1. The van der Waals surface area contributed by atoms with E-state index < -0.39 is 78.7 Å². The van der Waals surface area contributed by atoms with Gasteiger partial charge in [0, 0.05) is 25.2 Å². The first kappa shape index (κ1) is 51.8. The average Bonchev–Trinajstić information content (AvgIpc) is 3.66. The second kappa shape index (κ2) is 23.0. The van der Waals surface area contributed by atoms with Crippen molar-refractivity contribution in [2.75, 3.05) is 13.6 Å². The number of aliphatic hydroxyl groups excluding tert-OH is 1. The fourth-order valence-corrected chi connectivity index (χ4v) is 9.43. The lowest BCUT2D eigenvalue weighted by atomic mass is 9.43. The highest BCUT2D eigenvalue weighted by Crippen LogP contribution is 2.65. The van der Waals surface area contributed by atoms with E-state index in [9.17, 15) is 29.1 Å². The molecule has 0 spiro atoms. The minimum Gasteiger partial charge on any atom is -0.403 e. The molecule has 3 aliphatic carbocycles. The van der Waals surface area contributed by atoms with Gasteiger partial charge in [0.25, 0.3) is 11.8 Å². The number of aryl methyl sites for hydroxylation is 1. The standard InChI is InChI=1S/C47H71BN10O8/c1-8-9-12-28-14-16-29(17-15-28)30-18-20-31(21-19-30)40(60)55-35(25-33(53-7)26-52-6)42(62)56-38(27(2)59)43(63)57-39(50)44(64)54-34(13-10-11-22-49)41(61)58-45(51)48-65-37-24-32-23-36(46(32,3)4)47(37,5)66-48/h14-21,26-27,32,34-39,45,52,59H,7-13,22-25,49-51H2,1-6H3,(H,54,64)(H,55,60)(H,56,62)(H,57,63)(H,58,61)/b33-26-/t27?,32-,34-,35-,36-,37?,38-,39+,45+,47-/m0/s1. The number of nitrogens with two attached hydrogens (primary N) is 3. The van der Waals surface area contributed by atoms with E-state index >= 15 is 0 Å². The van der Waals surface area contributed by atoms with Gasteiger partial charge in [0.15, 0.2) is 6.17 Å². The van der Waals surface area contributed by atoms with Gasteiger partial charge >= 0.3 is 7.12 Å². The third-order valence-corrected chi connectivity index (χ3v) is 13.6. The number of amides is 5. The lowest BCUT2D eigenvalue weighted by Crippen LogP contribution is -2.65. The molecule has 2 aromatic rings. The number of carbonyl (C=O) groups is 5. The molecule has 0 aromatic heterocycles. The second-order valence-electron chi connectivity index (χ2n) is 18.6. The second-order valence-corrected chi connectivity index (χ2v) is 18.6. The summed E-state index contributed by atoms with van der Waals surface area (Å²) in [6.45, 7) is 13.8. The monoisotopic (exact) mass is 915 g/mol. The normalized spacial score (nSPS) is 23.3. The molecular formula is C47H71BN10O8. The summed E-state index contributed by atoms with van der Waals surface area (Å²) in [5.74, 6) is -3.17. The smallest absolute Gasteiger partial charge is 0.403 e. The molecule has 2 unspecified atom stereocenters. The molecule has 0 radical (unpaired) electrons. The van der Waals surface area contributed by atoms with Crippen LogP contribution in [0, 0.1) is 17.3 Å². The Kier molecular flexibility index (Phi) is 18.1. The number of rotatable bonds is 24. The van der Waals surface area contributed by atoms with Crippen LogP contribution in [0.5, 0.6) is 0 Å². The molecular weight excluding hydrogens is 843 g/mol. The molecule has 19 heteroatoms. The van der Waals surface area contributed by atoms with Crippen LogP contribution in [0.25, 0.3) is 11.1 Å². The van der Waals surface area contributed by atoms with Crippen LogP contribution in [0.2, 0.25) is 0 Å². The fourth-order valence-electron chi connectivity index (χ4n) is 9.43. The molecule has 13 N–H and O–H groups in total. The van der Waals surface area contributed by atoms with E-state index in [4.69, 9.17) is 26.5 Å². The average molecular weight is 915 g/mol. The topological polar surface area (TPSA) is 287 Å². The molecule has 6 rings (SSSR count). The summed E-state index contributed by atoms with van der Waals surface area (Å²) in [6, 6.07) is 10.1. The number of benzene rings is 2. The Bertz CT molecular complexity index is 2050. The van der Waals surface area contributed by atoms with Gasteiger partial charge < -0.3 is 63.5 Å². The maximum atomic E-state index is 13.9. The van der Waals surface area contributed by atoms with Crippen LogP contribution < -0.4 is 49.1 Å². The maximum absolute atomic E-state index is 13.9. The molecule has 1 heterocycles. The molecule has 5 amide bonds. The maximum Gasteiger partial charge on any atom is 0.497 e. The third-order valence-electron chi connectivity index (χ3n) is 13.6. The van der Waals surface area contributed by atoms with E-state index in [0.717, 1.165) is 43.2 Å². The van der Waals surface area contributed by atoms with Gasteiger partial charge in [-0.1, -0.05) is 63.6 Å². The van der Waals surface area contributed by atoms with Crippen LogP contribution in [0.3, 0.4) is 0 Å². The first-order valence-corrected chi connectivity index (χ1v) is 23.1. The fraction of sp³-hybridized carbons (Fsp3) is 0.574. The molecule has 1 aliphatic heterocycles. The first-order chi connectivity index (χ1) is 31.4. The van der Waals surface area contributed by atoms with Crippen LogP contribution >= 0.6 is 0 Å². The minimum absolute atomic E-state index is 0.108. The molecule has 1 saturated heterocycles. The summed E-state index contributed by atoms with van der Waals surface area (Å²) in [5, 5.41) is 26.3. The van der Waals surface area contributed by atoms with Crippen molar-refractivity contribution in [3.63, 3.8) is 0 Å². The van der Waals surface area contributed by atoms with Gasteiger partial charge in [0.1, 0.15) is 24.2 Å². The number of hydrogen-bond acceptors (Lipinski definition) is 13. The number of carbonyl (C=O) groups excluding carboxylic acids is 5. The van der Waals surface area contributed by atoms with Crippen LogP contribution in [-0.2, 0) is 34.9 Å².